The van der Waals surface area contributed by atoms with Crippen molar-refractivity contribution in [1.82, 2.24) is 19.5 Å². The van der Waals surface area contributed by atoms with Crippen molar-refractivity contribution in [3.05, 3.63) is 82.2 Å². The van der Waals surface area contributed by atoms with Crippen LogP contribution in [0, 0.1) is 6.92 Å². The van der Waals surface area contributed by atoms with Crippen LogP contribution in [0.5, 0.6) is 0 Å². The van der Waals surface area contributed by atoms with Gasteiger partial charge in [-0.1, -0.05) is 25.4 Å². The van der Waals surface area contributed by atoms with Gasteiger partial charge in [0, 0.05) is 40.6 Å². The van der Waals surface area contributed by atoms with E-state index in [-0.39, 0.29) is 12.3 Å². The lowest BCUT2D eigenvalue weighted by Gasteiger charge is -2.15. The molecule has 1 aromatic carbocycles. The van der Waals surface area contributed by atoms with Gasteiger partial charge in [0.25, 0.3) is 0 Å². The fraction of sp³-hybridized carbons (Fsp3) is 0.250. The lowest BCUT2D eigenvalue weighted by molar-refractivity contribution is -0.136. The molecule has 3 heterocycles. The number of aryl methyl sites for hydroxylation is 1. The van der Waals surface area contributed by atoms with Gasteiger partial charge in [0.2, 0.25) is 0 Å². The second kappa shape index (κ2) is 8.47. The van der Waals surface area contributed by atoms with Gasteiger partial charge in [0.05, 0.1) is 12.1 Å². The third kappa shape index (κ3) is 4.30. The van der Waals surface area contributed by atoms with Gasteiger partial charge in [-0.15, -0.1) is 0 Å². The molecule has 0 radical (unpaired) electrons. The molecule has 0 atom stereocenters. The number of hydrogen-bond acceptors (Lipinski definition) is 4. The SMILES string of the molecule is Cc1ccc2c(CC(=O)O)cn(-c3ccc(Cl)cc3Cc3cncnc3C(C)C)c2n1. The minimum absolute atomic E-state index is 0.0683. The van der Waals surface area contributed by atoms with Crippen molar-refractivity contribution < 1.29 is 9.90 Å². The fourth-order valence-corrected chi connectivity index (χ4v) is 4.11. The van der Waals surface area contributed by atoms with Crippen LogP contribution in [0.2, 0.25) is 5.02 Å². The number of hydrogen-bond donors (Lipinski definition) is 1. The summed E-state index contributed by atoms with van der Waals surface area (Å²) in [4.78, 5) is 24.8. The average molecular weight is 435 g/mol. The largest absolute Gasteiger partial charge is 0.481 e. The number of nitrogens with zero attached hydrogens (tertiary/aromatic N) is 4. The van der Waals surface area contributed by atoms with Crippen molar-refractivity contribution in [2.24, 2.45) is 0 Å². The molecular weight excluding hydrogens is 412 g/mol. The average Bonchev–Trinajstić information content (AvgIpc) is 3.05. The Labute approximate surface area is 185 Å². The summed E-state index contributed by atoms with van der Waals surface area (Å²) >= 11 is 6.36. The van der Waals surface area contributed by atoms with Crippen LogP contribution in [-0.4, -0.2) is 30.6 Å². The van der Waals surface area contributed by atoms with Crippen molar-refractivity contribution in [3.8, 4) is 5.69 Å². The molecule has 0 spiro atoms. The maximum atomic E-state index is 11.4. The van der Waals surface area contributed by atoms with E-state index in [2.05, 4.69) is 23.8 Å². The third-order valence-corrected chi connectivity index (χ3v) is 5.50. The molecule has 3 aromatic heterocycles. The zero-order chi connectivity index (χ0) is 22.1. The smallest absolute Gasteiger partial charge is 0.307 e. The minimum Gasteiger partial charge on any atom is -0.481 e. The predicted octanol–water partition coefficient (Wildman–Crippen LogP) is 5.12. The maximum absolute atomic E-state index is 11.4. The molecule has 0 saturated heterocycles. The second-order valence-corrected chi connectivity index (χ2v) is 8.39. The molecule has 0 bridgehead atoms. The van der Waals surface area contributed by atoms with Crippen molar-refractivity contribution in [3.63, 3.8) is 0 Å². The number of pyridine rings is 1. The Morgan fingerprint density at radius 1 is 1.16 bits per heavy atom. The Morgan fingerprint density at radius 2 is 1.97 bits per heavy atom. The molecule has 0 saturated carbocycles. The summed E-state index contributed by atoms with van der Waals surface area (Å²) in [6.07, 6.45) is 5.81. The minimum atomic E-state index is -0.876. The molecule has 0 aliphatic rings. The number of carbonyl (C=O) groups is 1. The highest BCUT2D eigenvalue weighted by atomic mass is 35.5. The van der Waals surface area contributed by atoms with E-state index in [4.69, 9.17) is 16.6 Å². The van der Waals surface area contributed by atoms with Gasteiger partial charge in [0.15, 0.2) is 0 Å². The number of carboxylic acid groups (broad SMARTS) is 1. The molecule has 158 valence electrons. The number of aliphatic carboxylic acids is 1. The first kappa shape index (κ1) is 21.0. The van der Waals surface area contributed by atoms with Crippen molar-refractivity contribution in [2.45, 2.75) is 39.5 Å². The normalized spacial score (nSPS) is 11.4. The number of aromatic nitrogens is 4. The quantitative estimate of drug-likeness (QED) is 0.455. The maximum Gasteiger partial charge on any atom is 0.307 e. The first-order valence-corrected chi connectivity index (χ1v) is 10.5. The van der Waals surface area contributed by atoms with Gasteiger partial charge in [-0.25, -0.2) is 15.0 Å². The molecule has 7 heteroatoms. The zero-order valence-electron chi connectivity index (χ0n) is 17.6. The second-order valence-electron chi connectivity index (χ2n) is 7.96. The van der Waals surface area contributed by atoms with Crippen molar-refractivity contribution >= 4 is 28.6 Å². The summed E-state index contributed by atoms with van der Waals surface area (Å²) in [5.74, 6) is -0.613. The summed E-state index contributed by atoms with van der Waals surface area (Å²) in [5.41, 5.74) is 6.25. The van der Waals surface area contributed by atoms with Crippen LogP contribution in [0.25, 0.3) is 16.7 Å². The lowest BCUT2D eigenvalue weighted by Crippen LogP contribution is -2.05. The van der Waals surface area contributed by atoms with Crippen LogP contribution >= 0.6 is 11.6 Å². The van der Waals surface area contributed by atoms with Crippen LogP contribution in [0.1, 0.15) is 47.8 Å². The van der Waals surface area contributed by atoms with Gasteiger partial charge >= 0.3 is 5.97 Å². The Kier molecular flexibility index (Phi) is 5.74. The topological polar surface area (TPSA) is 80.9 Å². The van der Waals surface area contributed by atoms with Crippen LogP contribution in [-0.2, 0) is 17.6 Å². The van der Waals surface area contributed by atoms with Crippen molar-refractivity contribution in [2.75, 3.05) is 0 Å². The summed E-state index contributed by atoms with van der Waals surface area (Å²) < 4.78 is 1.96. The molecule has 4 rings (SSSR count). The molecule has 0 unspecified atom stereocenters. The van der Waals surface area contributed by atoms with E-state index in [1.165, 1.54) is 0 Å². The summed E-state index contributed by atoms with van der Waals surface area (Å²) in [7, 11) is 0. The fourth-order valence-electron chi connectivity index (χ4n) is 3.91. The number of carboxylic acids is 1. The van der Waals surface area contributed by atoms with Crippen molar-refractivity contribution in [1.29, 1.82) is 0 Å². The van der Waals surface area contributed by atoms with Crippen LogP contribution in [0.3, 0.4) is 0 Å². The lowest BCUT2D eigenvalue weighted by atomic mass is 9.98. The van der Waals surface area contributed by atoms with Gasteiger partial charge in [0.1, 0.15) is 12.0 Å². The van der Waals surface area contributed by atoms with Gasteiger partial charge in [-0.3, -0.25) is 4.79 Å². The highest BCUT2D eigenvalue weighted by Gasteiger charge is 2.18. The molecule has 0 fully saturated rings. The van der Waals surface area contributed by atoms with E-state index >= 15 is 0 Å². The van der Waals surface area contributed by atoms with Crippen LogP contribution in [0.15, 0.2) is 49.1 Å². The van der Waals surface area contributed by atoms with Gasteiger partial charge in [-0.2, -0.15) is 0 Å². The highest BCUT2D eigenvalue weighted by Crippen LogP contribution is 2.30. The Balaban J connectivity index is 1.90. The van der Waals surface area contributed by atoms with Crippen LogP contribution in [0.4, 0.5) is 0 Å². The standard InChI is InChI=1S/C24H23ClN4O2/c1-14(2)23-17(11-26-13-27-23)8-16-9-19(25)5-7-21(16)29-12-18(10-22(30)31)20-6-4-15(3)28-24(20)29/h4-7,9,11-14H,8,10H2,1-3H3,(H,30,31). The summed E-state index contributed by atoms with van der Waals surface area (Å²) in [5, 5.41) is 10.8. The van der Waals surface area contributed by atoms with Gasteiger partial charge in [-0.05, 0) is 59.9 Å². The van der Waals surface area contributed by atoms with Crippen LogP contribution < -0.4 is 0 Å². The molecule has 1 N–H and O–H groups in total. The molecule has 31 heavy (non-hydrogen) atoms. The molecule has 0 aliphatic heterocycles. The Hall–Kier alpha value is -3.25. The summed E-state index contributed by atoms with van der Waals surface area (Å²) in [6, 6.07) is 9.56. The van der Waals surface area contributed by atoms with E-state index in [9.17, 15) is 9.90 Å². The number of fused-ring (bicyclic) bond motifs is 1. The van der Waals surface area contributed by atoms with Gasteiger partial charge < -0.3 is 9.67 Å². The molecular formula is C24H23ClN4O2. The third-order valence-electron chi connectivity index (χ3n) is 5.27. The molecule has 0 amide bonds. The molecule has 6 nitrogen and oxygen atoms in total. The van der Waals surface area contributed by atoms with E-state index in [1.807, 2.05) is 54.2 Å². The Morgan fingerprint density at radius 3 is 2.71 bits per heavy atom. The predicted molar refractivity (Wildman–Crippen MR) is 121 cm³/mol. The van der Waals surface area contributed by atoms with E-state index in [0.717, 1.165) is 44.8 Å². The number of rotatable bonds is 6. The zero-order valence-corrected chi connectivity index (χ0v) is 18.4. The monoisotopic (exact) mass is 434 g/mol. The summed E-state index contributed by atoms with van der Waals surface area (Å²) in [6.45, 7) is 6.14. The first-order chi connectivity index (χ1) is 14.8. The molecule has 0 aliphatic carbocycles. The molecule has 4 aromatic rings. The highest BCUT2D eigenvalue weighted by molar-refractivity contribution is 6.30. The number of halogens is 1. The first-order valence-electron chi connectivity index (χ1n) is 10.1. The van der Waals surface area contributed by atoms with E-state index in [1.54, 1.807) is 6.33 Å². The number of benzene rings is 1. The van der Waals surface area contributed by atoms with E-state index < -0.39 is 5.97 Å². The van der Waals surface area contributed by atoms with E-state index in [0.29, 0.717) is 11.4 Å². The Bertz CT molecular complexity index is 1280.